The van der Waals surface area contributed by atoms with Gasteiger partial charge in [0, 0.05) is 29.6 Å². The molecule has 1 heterocycles. The van der Waals surface area contributed by atoms with Gasteiger partial charge < -0.3 is 15.4 Å². The molecule has 0 aliphatic heterocycles. The minimum Gasteiger partial charge on any atom is -0.495 e. The highest BCUT2D eigenvalue weighted by atomic mass is 35.5. The molecule has 0 aliphatic carbocycles. The first kappa shape index (κ1) is 29.1. The zero-order chi connectivity index (χ0) is 28.2. The number of benzene rings is 3. The van der Waals surface area contributed by atoms with Crippen molar-refractivity contribution < 1.29 is 17.9 Å². The summed E-state index contributed by atoms with van der Waals surface area (Å²) in [5.41, 5.74) is 2.40. The first-order valence-corrected chi connectivity index (χ1v) is 14.9. The van der Waals surface area contributed by atoms with Crippen LogP contribution < -0.4 is 15.4 Å². The first-order chi connectivity index (χ1) is 18.6. The largest absolute Gasteiger partial charge is 0.495 e. The molecule has 8 nitrogen and oxygen atoms in total. The Balaban J connectivity index is 1.63. The van der Waals surface area contributed by atoms with E-state index >= 15 is 0 Å². The maximum absolute atomic E-state index is 13.6. The SMILES string of the molecule is CNc1nc(-c2ccc(OC)c(NC(=O)CN(Cc3ccc(Cl)c(Cl)c3)S(=O)(=O)c3ccc(Cl)cc3)c2)cs1. The maximum Gasteiger partial charge on any atom is 0.243 e. The molecule has 1 aromatic heterocycles. The van der Waals surface area contributed by atoms with Crippen molar-refractivity contribution in [1.82, 2.24) is 9.29 Å². The summed E-state index contributed by atoms with van der Waals surface area (Å²) < 4.78 is 33.7. The second kappa shape index (κ2) is 12.5. The number of amides is 1. The smallest absolute Gasteiger partial charge is 0.243 e. The van der Waals surface area contributed by atoms with E-state index in [1.807, 2.05) is 11.4 Å². The standard InChI is InChI=1S/C26H23Cl3N4O4S2/c1-30-26-32-23(15-38-26)17-4-10-24(37-2)22(12-17)31-25(34)14-33(13-16-3-9-20(28)21(29)11-16)39(35,36)19-7-5-18(27)6-8-19/h3-12,15H,13-14H2,1-2H3,(H,30,32)(H,31,34). The molecular formula is C26H23Cl3N4O4S2. The average Bonchev–Trinajstić information content (AvgIpc) is 3.40. The van der Waals surface area contributed by atoms with Crippen molar-refractivity contribution in [2.75, 3.05) is 31.3 Å². The maximum atomic E-state index is 13.6. The van der Waals surface area contributed by atoms with Crippen LogP contribution in [0.5, 0.6) is 5.75 Å². The van der Waals surface area contributed by atoms with E-state index in [4.69, 9.17) is 39.5 Å². The van der Waals surface area contributed by atoms with Crippen LogP contribution in [0.25, 0.3) is 11.3 Å². The molecular weight excluding hydrogens is 603 g/mol. The molecule has 0 unspecified atom stereocenters. The van der Waals surface area contributed by atoms with Crippen LogP contribution in [0.15, 0.2) is 70.9 Å². The summed E-state index contributed by atoms with van der Waals surface area (Å²) in [5, 5.41) is 9.40. The zero-order valence-corrected chi connectivity index (χ0v) is 24.6. The van der Waals surface area contributed by atoms with E-state index in [0.29, 0.717) is 32.7 Å². The molecule has 0 saturated carbocycles. The van der Waals surface area contributed by atoms with Crippen molar-refractivity contribution in [3.63, 3.8) is 0 Å². The van der Waals surface area contributed by atoms with E-state index in [-0.39, 0.29) is 16.5 Å². The Hall–Kier alpha value is -2.86. The number of methoxy groups -OCH3 is 1. The third kappa shape index (κ3) is 7.02. The number of thiazole rings is 1. The number of hydrogen-bond acceptors (Lipinski definition) is 7. The lowest BCUT2D eigenvalue weighted by Crippen LogP contribution is -2.37. The van der Waals surface area contributed by atoms with Gasteiger partial charge >= 0.3 is 0 Å². The fourth-order valence-electron chi connectivity index (χ4n) is 3.66. The predicted molar refractivity (Wildman–Crippen MR) is 158 cm³/mol. The summed E-state index contributed by atoms with van der Waals surface area (Å²) in [4.78, 5) is 17.7. The molecule has 204 valence electrons. The molecule has 3 aromatic carbocycles. The molecule has 0 radical (unpaired) electrons. The first-order valence-electron chi connectivity index (χ1n) is 11.4. The van der Waals surface area contributed by atoms with Crippen molar-refractivity contribution in [3.8, 4) is 17.0 Å². The van der Waals surface area contributed by atoms with Crippen LogP contribution in [0, 0.1) is 0 Å². The highest BCUT2D eigenvalue weighted by Gasteiger charge is 2.27. The van der Waals surface area contributed by atoms with Crippen LogP contribution >= 0.6 is 46.1 Å². The number of aromatic nitrogens is 1. The van der Waals surface area contributed by atoms with Crippen molar-refractivity contribution in [2.45, 2.75) is 11.4 Å². The van der Waals surface area contributed by atoms with Gasteiger partial charge in [-0.1, -0.05) is 40.9 Å². The normalized spacial score (nSPS) is 11.4. The Morgan fingerprint density at radius 2 is 1.77 bits per heavy atom. The van der Waals surface area contributed by atoms with Crippen LogP contribution in [-0.4, -0.2) is 44.3 Å². The zero-order valence-electron chi connectivity index (χ0n) is 20.7. The molecule has 1 amide bonds. The molecule has 0 fully saturated rings. The fourth-order valence-corrected chi connectivity index (χ4v) is 6.17. The molecule has 4 rings (SSSR count). The van der Waals surface area contributed by atoms with Crippen LogP contribution in [0.1, 0.15) is 5.56 Å². The van der Waals surface area contributed by atoms with Crippen molar-refractivity contribution >= 4 is 72.9 Å². The molecule has 0 saturated heterocycles. The Kier molecular flexibility index (Phi) is 9.37. The van der Waals surface area contributed by atoms with Gasteiger partial charge in [0.2, 0.25) is 15.9 Å². The lowest BCUT2D eigenvalue weighted by Gasteiger charge is -2.22. The Morgan fingerprint density at radius 3 is 2.41 bits per heavy atom. The number of anilines is 2. The average molecular weight is 626 g/mol. The fraction of sp³-hybridized carbons (Fsp3) is 0.154. The van der Waals surface area contributed by atoms with Gasteiger partial charge in [0.05, 0.1) is 40.0 Å². The Labute approximate surface area is 245 Å². The van der Waals surface area contributed by atoms with Crippen LogP contribution in [0.2, 0.25) is 15.1 Å². The molecule has 0 aliphatic rings. The van der Waals surface area contributed by atoms with Crippen molar-refractivity contribution in [2.24, 2.45) is 0 Å². The second-order valence-corrected chi connectivity index (χ2v) is 12.3. The minimum atomic E-state index is -4.10. The second-order valence-electron chi connectivity index (χ2n) is 8.23. The Bertz CT molecular complexity index is 1600. The van der Waals surface area contributed by atoms with Gasteiger partial charge in [-0.2, -0.15) is 4.31 Å². The summed E-state index contributed by atoms with van der Waals surface area (Å²) in [7, 11) is -0.840. The summed E-state index contributed by atoms with van der Waals surface area (Å²) in [6.45, 7) is -0.614. The topological polar surface area (TPSA) is 101 Å². The number of hydrogen-bond donors (Lipinski definition) is 2. The predicted octanol–water partition coefficient (Wildman–Crippen LogP) is 6.65. The van der Waals surface area contributed by atoms with Gasteiger partial charge in [-0.3, -0.25) is 4.79 Å². The van der Waals surface area contributed by atoms with Crippen molar-refractivity contribution in [1.29, 1.82) is 0 Å². The molecule has 4 aromatic rings. The molecule has 0 atom stereocenters. The van der Waals surface area contributed by atoms with Gasteiger partial charge in [-0.15, -0.1) is 11.3 Å². The lowest BCUT2D eigenvalue weighted by atomic mass is 10.1. The number of carbonyl (C=O) groups is 1. The molecule has 0 bridgehead atoms. The van der Waals surface area contributed by atoms with Gasteiger partial charge in [0.1, 0.15) is 5.75 Å². The molecule has 2 N–H and O–H groups in total. The third-order valence-electron chi connectivity index (χ3n) is 5.60. The van der Waals surface area contributed by atoms with E-state index in [0.717, 1.165) is 15.0 Å². The van der Waals surface area contributed by atoms with Crippen molar-refractivity contribution in [3.05, 3.63) is 86.7 Å². The molecule has 0 spiro atoms. The summed E-state index contributed by atoms with van der Waals surface area (Å²) >= 11 is 19.6. The van der Waals surface area contributed by atoms with Gasteiger partial charge in [0.25, 0.3) is 0 Å². The van der Waals surface area contributed by atoms with E-state index in [1.165, 1.54) is 42.7 Å². The quantitative estimate of drug-likeness (QED) is 0.205. The summed E-state index contributed by atoms with van der Waals surface area (Å²) in [6.07, 6.45) is 0. The summed E-state index contributed by atoms with van der Waals surface area (Å²) in [5.74, 6) is -0.162. The van der Waals surface area contributed by atoms with Gasteiger partial charge in [0.15, 0.2) is 5.13 Å². The number of sulfonamides is 1. The number of nitrogens with zero attached hydrogens (tertiary/aromatic N) is 2. The van der Waals surface area contributed by atoms with Gasteiger partial charge in [-0.05, 0) is 60.2 Å². The third-order valence-corrected chi connectivity index (χ3v) is 9.26. The van der Waals surface area contributed by atoms with Crippen LogP contribution in [0.4, 0.5) is 10.8 Å². The van der Waals surface area contributed by atoms with Crippen LogP contribution in [-0.2, 0) is 21.4 Å². The lowest BCUT2D eigenvalue weighted by molar-refractivity contribution is -0.116. The number of rotatable bonds is 10. The van der Waals surface area contributed by atoms with Crippen LogP contribution in [0.3, 0.4) is 0 Å². The number of ether oxygens (including phenoxy) is 1. The highest BCUT2D eigenvalue weighted by Crippen LogP contribution is 2.32. The number of nitrogens with one attached hydrogen (secondary N) is 2. The molecule has 39 heavy (non-hydrogen) atoms. The monoisotopic (exact) mass is 624 g/mol. The molecule has 13 heteroatoms. The Morgan fingerprint density at radius 1 is 1.03 bits per heavy atom. The van der Waals surface area contributed by atoms with E-state index < -0.39 is 22.5 Å². The minimum absolute atomic E-state index is 0.0109. The number of halogens is 3. The summed E-state index contributed by atoms with van der Waals surface area (Å²) in [6, 6.07) is 15.8. The van der Waals surface area contributed by atoms with E-state index in [9.17, 15) is 13.2 Å². The van der Waals surface area contributed by atoms with E-state index in [1.54, 1.807) is 37.4 Å². The van der Waals surface area contributed by atoms with Gasteiger partial charge in [-0.25, -0.2) is 13.4 Å². The van der Waals surface area contributed by atoms with E-state index in [2.05, 4.69) is 15.6 Å². The highest BCUT2D eigenvalue weighted by molar-refractivity contribution is 7.89. The number of carbonyl (C=O) groups excluding carboxylic acids is 1.